The Kier molecular flexibility index (Phi) is 3.98. The quantitative estimate of drug-likeness (QED) is 0.683. The van der Waals surface area contributed by atoms with Crippen LogP contribution >= 0.6 is 0 Å². The Labute approximate surface area is 134 Å². The molecule has 0 bridgehead atoms. The highest BCUT2D eigenvalue weighted by Crippen LogP contribution is 2.35. The molecule has 0 aliphatic rings. The van der Waals surface area contributed by atoms with Gasteiger partial charge in [-0.1, -0.05) is 48.5 Å². The van der Waals surface area contributed by atoms with Gasteiger partial charge in [-0.05, 0) is 18.6 Å². The molecule has 0 saturated carbocycles. The molecule has 0 aliphatic carbocycles. The van der Waals surface area contributed by atoms with Gasteiger partial charge in [0, 0.05) is 17.9 Å². The van der Waals surface area contributed by atoms with Gasteiger partial charge in [0.1, 0.15) is 5.69 Å². The smallest absolute Gasteiger partial charge is 0.356 e. The van der Waals surface area contributed by atoms with Crippen LogP contribution in [0.3, 0.4) is 0 Å². The molecule has 0 atom stereocenters. The molecule has 4 nitrogen and oxygen atoms in total. The summed E-state index contributed by atoms with van der Waals surface area (Å²) < 4.78 is 6.64. The lowest BCUT2D eigenvalue weighted by Crippen LogP contribution is -2.17. The van der Waals surface area contributed by atoms with Crippen LogP contribution in [-0.2, 0) is 4.74 Å². The van der Waals surface area contributed by atoms with Crippen molar-refractivity contribution in [3.05, 3.63) is 60.3 Å². The molecule has 1 heterocycles. The van der Waals surface area contributed by atoms with Gasteiger partial charge in [-0.2, -0.15) is 0 Å². The van der Waals surface area contributed by atoms with Crippen molar-refractivity contribution in [1.82, 2.24) is 4.57 Å². The molecule has 0 amide bonds. The van der Waals surface area contributed by atoms with E-state index in [0.717, 1.165) is 16.5 Å². The molecule has 0 spiro atoms. The standard InChI is InChI=1S/C19H17NO3/c1-3-23-19(22)18-17(14-9-5-4-6-10-14)15-11-7-8-12-16(15)20(18)13(2)21/h4-12H,3H2,1-2H3. The van der Waals surface area contributed by atoms with Crippen LogP contribution in [0.2, 0.25) is 0 Å². The third kappa shape index (κ3) is 2.52. The van der Waals surface area contributed by atoms with Crippen LogP contribution in [0.1, 0.15) is 29.1 Å². The summed E-state index contributed by atoms with van der Waals surface area (Å²) in [4.78, 5) is 24.7. The number of nitrogens with zero attached hydrogens (tertiary/aromatic N) is 1. The first-order chi connectivity index (χ1) is 11.1. The van der Waals surface area contributed by atoms with Crippen LogP contribution in [-0.4, -0.2) is 23.1 Å². The fourth-order valence-electron chi connectivity index (χ4n) is 2.86. The van der Waals surface area contributed by atoms with Crippen molar-refractivity contribution < 1.29 is 14.3 Å². The average molecular weight is 307 g/mol. The number of carbonyl (C=O) groups is 2. The van der Waals surface area contributed by atoms with Gasteiger partial charge >= 0.3 is 5.97 Å². The molecule has 0 saturated heterocycles. The predicted octanol–water partition coefficient (Wildman–Crippen LogP) is 4.15. The van der Waals surface area contributed by atoms with Crippen LogP contribution in [0.25, 0.3) is 22.0 Å². The number of hydrogen-bond donors (Lipinski definition) is 0. The Hall–Kier alpha value is -2.88. The predicted molar refractivity (Wildman–Crippen MR) is 89.6 cm³/mol. The lowest BCUT2D eigenvalue weighted by Gasteiger charge is -2.08. The van der Waals surface area contributed by atoms with Crippen LogP contribution in [0, 0.1) is 0 Å². The normalized spacial score (nSPS) is 10.7. The molecule has 0 N–H and O–H groups in total. The Morgan fingerprint density at radius 3 is 2.30 bits per heavy atom. The highest BCUT2D eigenvalue weighted by Gasteiger charge is 2.26. The average Bonchev–Trinajstić information content (AvgIpc) is 2.91. The van der Waals surface area contributed by atoms with Crippen molar-refractivity contribution in [2.45, 2.75) is 13.8 Å². The zero-order chi connectivity index (χ0) is 16.4. The Balaban J connectivity index is 2.43. The van der Waals surface area contributed by atoms with Gasteiger partial charge in [0.15, 0.2) is 0 Å². The van der Waals surface area contributed by atoms with Gasteiger partial charge in [-0.3, -0.25) is 9.36 Å². The van der Waals surface area contributed by atoms with E-state index in [9.17, 15) is 9.59 Å². The van der Waals surface area contributed by atoms with Gasteiger partial charge < -0.3 is 4.74 Å². The summed E-state index contributed by atoms with van der Waals surface area (Å²) in [6.45, 7) is 3.46. The van der Waals surface area contributed by atoms with Gasteiger partial charge in [-0.15, -0.1) is 0 Å². The highest BCUT2D eigenvalue weighted by molar-refractivity contribution is 6.12. The second-order valence-corrected chi connectivity index (χ2v) is 5.18. The van der Waals surface area contributed by atoms with Crippen molar-refractivity contribution in [1.29, 1.82) is 0 Å². The van der Waals surface area contributed by atoms with E-state index in [1.165, 1.54) is 11.5 Å². The SMILES string of the molecule is CCOC(=O)c1c(-c2ccccc2)c2ccccc2n1C(C)=O. The molecule has 0 aliphatic heterocycles. The first kappa shape index (κ1) is 15.0. The zero-order valence-electron chi connectivity index (χ0n) is 13.1. The lowest BCUT2D eigenvalue weighted by molar-refractivity contribution is 0.0511. The van der Waals surface area contributed by atoms with E-state index in [4.69, 9.17) is 4.74 Å². The summed E-state index contributed by atoms with van der Waals surface area (Å²) in [6.07, 6.45) is 0. The van der Waals surface area contributed by atoms with Gasteiger partial charge in [0.2, 0.25) is 5.91 Å². The molecule has 0 unspecified atom stereocenters. The number of carbonyl (C=O) groups excluding carboxylic acids is 2. The number of fused-ring (bicyclic) bond motifs is 1. The molecular formula is C19H17NO3. The molecule has 116 valence electrons. The summed E-state index contributed by atoms with van der Waals surface area (Å²) in [5.41, 5.74) is 2.61. The molecule has 1 aromatic heterocycles. The monoisotopic (exact) mass is 307 g/mol. The largest absolute Gasteiger partial charge is 0.461 e. The first-order valence-electron chi connectivity index (χ1n) is 7.52. The van der Waals surface area contributed by atoms with Crippen molar-refractivity contribution in [3.8, 4) is 11.1 Å². The van der Waals surface area contributed by atoms with E-state index in [1.54, 1.807) is 6.92 Å². The molecule has 23 heavy (non-hydrogen) atoms. The summed E-state index contributed by atoms with van der Waals surface area (Å²) in [5.74, 6) is -0.704. The summed E-state index contributed by atoms with van der Waals surface area (Å²) >= 11 is 0. The van der Waals surface area contributed by atoms with E-state index < -0.39 is 5.97 Å². The fourth-order valence-corrected chi connectivity index (χ4v) is 2.86. The van der Waals surface area contributed by atoms with Gasteiger partial charge in [0.05, 0.1) is 12.1 Å². The molecule has 4 heteroatoms. The Morgan fingerprint density at radius 2 is 1.65 bits per heavy atom. The number of ether oxygens (including phenoxy) is 1. The van der Waals surface area contributed by atoms with Crippen LogP contribution < -0.4 is 0 Å². The first-order valence-corrected chi connectivity index (χ1v) is 7.52. The van der Waals surface area contributed by atoms with E-state index in [0.29, 0.717) is 5.52 Å². The number of rotatable bonds is 3. The molecule has 3 rings (SSSR count). The number of aromatic nitrogens is 1. The highest BCUT2D eigenvalue weighted by atomic mass is 16.5. The van der Waals surface area contributed by atoms with Gasteiger partial charge in [-0.25, -0.2) is 4.79 Å². The van der Waals surface area contributed by atoms with Crippen molar-refractivity contribution in [2.75, 3.05) is 6.61 Å². The Morgan fingerprint density at radius 1 is 1.00 bits per heavy atom. The van der Waals surface area contributed by atoms with E-state index in [1.807, 2.05) is 54.6 Å². The van der Waals surface area contributed by atoms with Crippen LogP contribution in [0.15, 0.2) is 54.6 Å². The Bertz CT molecular complexity index is 878. The summed E-state index contributed by atoms with van der Waals surface area (Å²) in [7, 11) is 0. The van der Waals surface area contributed by atoms with Gasteiger partial charge in [0.25, 0.3) is 0 Å². The number of esters is 1. The lowest BCUT2D eigenvalue weighted by atomic mass is 10.0. The molecule has 2 aromatic carbocycles. The fraction of sp³-hybridized carbons (Fsp3) is 0.158. The zero-order valence-corrected chi connectivity index (χ0v) is 13.1. The van der Waals surface area contributed by atoms with Crippen molar-refractivity contribution in [3.63, 3.8) is 0 Å². The number of benzene rings is 2. The van der Waals surface area contributed by atoms with Crippen molar-refractivity contribution >= 4 is 22.8 Å². The maximum Gasteiger partial charge on any atom is 0.356 e. The molecule has 0 radical (unpaired) electrons. The number of para-hydroxylation sites is 1. The molecule has 0 fully saturated rings. The minimum Gasteiger partial charge on any atom is -0.461 e. The summed E-state index contributed by atoms with van der Waals surface area (Å²) in [6, 6.07) is 17.1. The number of hydrogen-bond acceptors (Lipinski definition) is 3. The molecule has 3 aromatic rings. The topological polar surface area (TPSA) is 48.3 Å². The van der Waals surface area contributed by atoms with Crippen LogP contribution in [0.5, 0.6) is 0 Å². The molecular weight excluding hydrogens is 290 g/mol. The van der Waals surface area contributed by atoms with Crippen molar-refractivity contribution in [2.24, 2.45) is 0 Å². The third-order valence-corrected chi connectivity index (χ3v) is 3.72. The summed E-state index contributed by atoms with van der Waals surface area (Å²) in [5, 5.41) is 0.858. The minimum absolute atomic E-state index is 0.216. The maximum absolute atomic E-state index is 12.5. The second-order valence-electron chi connectivity index (χ2n) is 5.18. The second kappa shape index (κ2) is 6.08. The minimum atomic E-state index is -0.488. The van der Waals surface area contributed by atoms with Crippen LogP contribution in [0.4, 0.5) is 0 Å². The van der Waals surface area contributed by atoms with E-state index in [2.05, 4.69) is 0 Å². The van der Waals surface area contributed by atoms with E-state index >= 15 is 0 Å². The third-order valence-electron chi connectivity index (χ3n) is 3.72. The maximum atomic E-state index is 12.5. The van der Waals surface area contributed by atoms with E-state index in [-0.39, 0.29) is 18.2 Å².